The summed E-state index contributed by atoms with van der Waals surface area (Å²) in [6.45, 7) is 1.99. The van der Waals surface area contributed by atoms with Crippen molar-refractivity contribution >= 4 is 28.7 Å². The SMILES string of the molecule is Cc1ccc(C(=NNC(N)=S)c2ccc([N+](=O)[O-])cc2)cc1. The molecule has 0 bridgehead atoms. The minimum atomic E-state index is -0.445. The van der Waals surface area contributed by atoms with Crippen molar-refractivity contribution < 1.29 is 4.92 Å². The Kier molecular flexibility index (Phi) is 4.80. The van der Waals surface area contributed by atoms with Crippen molar-refractivity contribution in [3.05, 3.63) is 75.3 Å². The maximum absolute atomic E-state index is 10.7. The van der Waals surface area contributed by atoms with Gasteiger partial charge in [0.2, 0.25) is 0 Å². The third-order valence-corrected chi connectivity index (χ3v) is 3.05. The van der Waals surface area contributed by atoms with Gasteiger partial charge in [0, 0.05) is 23.3 Å². The lowest BCUT2D eigenvalue weighted by molar-refractivity contribution is -0.384. The second kappa shape index (κ2) is 6.77. The smallest absolute Gasteiger partial charge is 0.269 e. The van der Waals surface area contributed by atoms with E-state index in [1.165, 1.54) is 12.1 Å². The number of aryl methyl sites for hydroxylation is 1. The van der Waals surface area contributed by atoms with Gasteiger partial charge in [0.1, 0.15) is 0 Å². The Balaban J connectivity index is 2.43. The van der Waals surface area contributed by atoms with Gasteiger partial charge in [-0.3, -0.25) is 15.5 Å². The number of hydrogen-bond donors (Lipinski definition) is 2. The minimum Gasteiger partial charge on any atom is -0.375 e. The molecule has 0 saturated carbocycles. The fourth-order valence-corrected chi connectivity index (χ4v) is 1.90. The minimum absolute atomic E-state index is 0.0225. The zero-order valence-corrected chi connectivity index (χ0v) is 12.6. The molecule has 0 fully saturated rings. The Bertz CT molecular complexity index is 724. The van der Waals surface area contributed by atoms with E-state index in [9.17, 15) is 10.1 Å². The monoisotopic (exact) mass is 314 g/mol. The van der Waals surface area contributed by atoms with E-state index in [2.05, 4.69) is 10.5 Å². The van der Waals surface area contributed by atoms with Gasteiger partial charge in [0.05, 0.1) is 10.6 Å². The fraction of sp³-hybridized carbons (Fsp3) is 0.0667. The van der Waals surface area contributed by atoms with Crippen LogP contribution in [0.1, 0.15) is 16.7 Å². The molecule has 0 unspecified atom stereocenters. The van der Waals surface area contributed by atoms with E-state index in [1.54, 1.807) is 12.1 Å². The average Bonchev–Trinajstić information content (AvgIpc) is 2.49. The normalized spacial score (nSPS) is 11.0. The predicted octanol–water partition coefficient (Wildman–Crippen LogP) is 2.49. The van der Waals surface area contributed by atoms with Crippen LogP contribution in [-0.2, 0) is 0 Å². The maximum Gasteiger partial charge on any atom is 0.269 e. The number of nitro groups is 1. The lowest BCUT2D eigenvalue weighted by Gasteiger charge is -2.08. The average molecular weight is 314 g/mol. The molecule has 112 valence electrons. The molecule has 0 radical (unpaired) electrons. The quantitative estimate of drug-likeness (QED) is 0.391. The number of hydrazone groups is 1. The molecule has 0 atom stereocenters. The lowest BCUT2D eigenvalue weighted by Crippen LogP contribution is -2.26. The van der Waals surface area contributed by atoms with Crippen molar-refractivity contribution in [2.45, 2.75) is 6.92 Å². The first-order valence-corrected chi connectivity index (χ1v) is 6.83. The first kappa shape index (κ1) is 15.6. The number of nitrogens with two attached hydrogens (primary N) is 1. The van der Waals surface area contributed by atoms with Gasteiger partial charge in [-0.25, -0.2) is 0 Å². The third kappa shape index (κ3) is 3.86. The molecule has 2 aromatic rings. The summed E-state index contributed by atoms with van der Waals surface area (Å²) in [4.78, 5) is 10.3. The number of thiocarbonyl (C=S) groups is 1. The fourth-order valence-electron chi connectivity index (χ4n) is 1.86. The Morgan fingerprint density at radius 3 is 2.09 bits per heavy atom. The second-order valence-electron chi connectivity index (χ2n) is 4.61. The molecule has 0 aliphatic heterocycles. The first-order chi connectivity index (χ1) is 10.5. The standard InChI is InChI=1S/C15H14N4O2S/c1-10-2-4-11(5-3-10)14(17-18-15(16)22)12-6-8-13(9-7-12)19(20)21/h2-9H,1H3,(H3,16,18,22). The zero-order valence-electron chi connectivity index (χ0n) is 11.8. The summed E-state index contributed by atoms with van der Waals surface area (Å²) in [5, 5.41) is 15.0. The number of nitrogens with zero attached hydrogens (tertiary/aromatic N) is 2. The molecular formula is C15H14N4O2S. The summed E-state index contributed by atoms with van der Waals surface area (Å²) in [5.41, 5.74) is 11.3. The highest BCUT2D eigenvalue weighted by atomic mass is 32.1. The van der Waals surface area contributed by atoms with Crippen LogP contribution in [-0.4, -0.2) is 15.7 Å². The number of nitrogens with one attached hydrogen (secondary N) is 1. The van der Waals surface area contributed by atoms with Crippen LogP contribution < -0.4 is 11.2 Å². The second-order valence-corrected chi connectivity index (χ2v) is 5.05. The van der Waals surface area contributed by atoms with Crippen molar-refractivity contribution in [2.24, 2.45) is 10.8 Å². The largest absolute Gasteiger partial charge is 0.375 e. The molecule has 0 aliphatic carbocycles. The lowest BCUT2D eigenvalue weighted by atomic mass is 10.0. The van der Waals surface area contributed by atoms with Gasteiger partial charge in [0.25, 0.3) is 5.69 Å². The van der Waals surface area contributed by atoms with E-state index < -0.39 is 4.92 Å². The van der Waals surface area contributed by atoms with E-state index >= 15 is 0 Å². The molecule has 0 aliphatic rings. The van der Waals surface area contributed by atoms with E-state index in [0.29, 0.717) is 5.71 Å². The predicted molar refractivity (Wildman–Crippen MR) is 89.8 cm³/mol. The molecule has 2 rings (SSSR count). The Hall–Kier alpha value is -2.80. The van der Waals surface area contributed by atoms with Crippen LogP contribution in [0, 0.1) is 17.0 Å². The summed E-state index contributed by atoms with van der Waals surface area (Å²) >= 11 is 4.76. The number of rotatable bonds is 4. The molecule has 6 nitrogen and oxygen atoms in total. The van der Waals surface area contributed by atoms with E-state index in [1.807, 2.05) is 31.2 Å². The molecule has 0 heterocycles. The van der Waals surface area contributed by atoms with Crippen LogP contribution in [0.4, 0.5) is 5.69 Å². The highest BCUT2D eigenvalue weighted by molar-refractivity contribution is 7.80. The molecule has 0 spiro atoms. The van der Waals surface area contributed by atoms with Crippen molar-refractivity contribution in [1.29, 1.82) is 0 Å². The van der Waals surface area contributed by atoms with Gasteiger partial charge in [-0.05, 0) is 31.3 Å². The van der Waals surface area contributed by atoms with Gasteiger partial charge < -0.3 is 5.73 Å². The highest BCUT2D eigenvalue weighted by Crippen LogP contribution is 2.16. The van der Waals surface area contributed by atoms with Crippen molar-refractivity contribution in [3.8, 4) is 0 Å². The molecule has 22 heavy (non-hydrogen) atoms. The van der Waals surface area contributed by atoms with Crippen LogP contribution in [0.2, 0.25) is 0 Å². The van der Waals surface area contributed by atoms with Crippen molar-refractivity contribution in [2.75, 3.05) is 0 Å². The third-order valence-electron chi connectivity index (χ3n) is 2.95. The highest BCUT2D eigenvalue weighted by Gasteiger charge is 2.10. The van der Waals surface area contributed by atoms with Gasteiger partial charge in [0.15, 0.2) is 5.11 Å². The number of nitro benzene ring substituents is 1. The Morgan fingerprint density at radius 1 is 1.14 bits per heavy atom. The Labute approximate surface area is 132 Å². The van der Waals surface area contributed by atoms with Crippen LogP contribution in [0.5, 0.6) is 0 Å². The number of hydrogen-bond acceptors (Lipinski definition) is 4. The summed E-state index contributed by atoms with van der Waals surface area (Å²) in [6, 6.07) is 13.9. The molecule has 7 heteroatoms. The molecule has 2 aromatic carbocycles. The summed E-state index contributed by atoms with van der Waals surface area (Å²) < 4.78 is 0. The number of benzene rings is 2. The van der Waals surface area contributed by atoms with E-state index in [0.717, 1.165) is 16.7 Å². The first-order valence-electron chi connectivity index (χ1n) is 6.42. The molecule has 0 aromatic heterocycles. The van der Waals surface area contributed by atoms with Crippen LogP contribution in [0.25, 0.3) is 0 Å². The zero-order chi connectivity index (χ0) is 16.1. The van der Waals surface area contributed by atoms with Gasteiger partial charge in [-0.1, -0.05) is 29.8 Å². The maximum atomic E-state index is 10.7. The Morgan fingerprint density at radius 2 is 1.64 bits per heavy atom. The van der Waals surface area contributed by atoms with Crippen molar-refractivity contribution in [3.63, 3.8) is 0 Å². The molecule has 0 saturated heterocycles. The van der Waals surface area contributed by atoms with E-state index in [4.69, 9.17) is 18.0 Å². The van der Waals surface area contributed by atoms with Crippen LogP contribution in [0.15, 0.2) is 53.6 Å². The topological polar surface area (TPSA) is 93.5 Å². The molecular weight excluding hydrogens is 300 g/mol. The van der Waals surface area contributed by atoms with Gasteiger partial charge in [-0.2, -0.15) is 5.10 Å². The van der Waals surface area contributed by atoms with Crippen molar-refractivity contribution in [1.82, 2.24) is 5.43 Å². The van der Waals surface area contributed by atoms with Crippen LogP contribution in [0.3, 0.4) is 0 Å². The van der Waals surface area contributed by atoms with E-state index in [-0.39, 0.29) is 10.8 Å². The van der Waals surface area contributed by atoms with Gasteiger partial charge >= 0.3 is 0 Å². The molecule has 0 amide bonds. The summed E-state index contributed by atoms with van der Waals surface area (Å²) in [5.74, 6) is 0. The van der Waals surface area contributed by atoms with Crippen LogP contribution >= 0.6 is 12.2 Å². The summed E-state index contributed by atoms with van der Waals surface area (Å²) in [6.07, 6.45) is 0. The number of non-ortho nitro benzene ring substituents is 1. The summed E-state index contributed by atoms with van der Waals surface area (Å²) in [7, 11) is 0. The van der Waals surface area contributed by atoms with Gasteiger partial charge in [-0.15, -0.1) is 0 Å². The molecule has 3 N–H and O–H groups in total.